The summed E-state index contributed by atoms with van der Waals surface area (Å²) in [7, 11) is 0. The number of ether oxygens (including phenoxy) is 1. The molecule has 1 aliphatic rings. The molecule has 0 aliphatic carbocycles. The van der Waals surface area contributed by atoms with Gasteiger partial charge in [0.05, 0.1) is 30.7 Å². The number of morpholine rings is 1. The Balaban J connectivity index is 1.33. The Bertz CT molecular complexity index is 809. The van der Waals surface area contributed by atoms with Crippen LogP contribution < -0.4 is 20.9 Å². The van der Waals surface area contributed by atoms with Gasteiger partial charge in [-0.3, -0.25) is 0 Å². The summed E-state index contributed by atoms with van der Waals surface area (Å²) in [5.74, 6) is 1.19. The summed E-state index contributed by atoms with van der Waals surface area (Å²) in [6.45, 7) is 3.77. The largest absolute Gasteiger partial charge is 0.417 e. The maximum absolute atomic E-state index is 12.5. The van der Waals surface area contributed by atoms with Crippen molar-refractivity contribution in [3.8, 4) is 0 Å². The first-order chi connectivity index (χ1) is 14.4. The number of carbonyl (C=O) groups excluding carboxylic acids is 1. The number of hydrogen-bond donors (Lipinski definition) is 3. The first-order valence-corrected chi connectivity index (χ1v) is 9.52. The average Bonchev–Trinajstić information content (AvgIpc) is 2.74. The first-order valence-electron chi connectivity index (χ1n) is 9.52. The summed E-state index contributed by atoms with van der Waals surface area (Å²) < 4.78 is 42.8. The standard InChI is InChI=1S/C19H23F3N6O2/c20-19(21,22)14-2-4-16(25-12-14)23-6-1-7-24-18(29)27-15-3-5-17(26-13-15)28-8-10-30-11-9-28/h2-5,12-13H,1,6-11H2,(H,23,25)(H2,24,27,29). The van der Waals surface area contributed by atoms with E-state index in [1.807, 2.05) is 6.07 Å². The third kappa shape index (κ3) is 6.48. The van der Waals surface area contributed by atoms with Crippen molar-refractivity contribution < 1.29 is 22.7 Å². The predicted molar refractivity (Wildman–Crippen MR) is 107 cm³/mol. The molecule has 30 heavy (non-hydrogen) atoms. The van der Waals surface area contributed by atoms with Crippen LogP contribution in [0.4, 0.5) is 35.3 Å². The van der Waals surface area contributed by atoms with E-state index in [4.69, 9.17) is 4.74 Å². The lowest BCUT2D eigenvalue weighted by Crippen LogP contribution is -2.36. The molecule has 3 N–H and O–H groups in total. The van der Waals surface area contributed by atoms with Gasteiger partial charge in [-0.1, -0.05) is 0 Å². The van der Waals surface area contributed by atoms with Gasteiger partial charge in [-0.15, -0.1) is 0 Å². The molecule has 0 atom stereocenters. The minimum Gasteiger partial charge on any atom is -0.378 e. The van der Waals surface area contributed by atoms with E-state index in [1.54, 1.807) is 12.3 Å². The lowest BCUT2D eigenvalue weighted by atomic mass is 10.3. The van der Waals surface area contributed by atoms with E-state index >= 15 is 0 Å². The molecule has 0 aromatic carbocycles. The van der Waals surface area contributed by atoms with Gasteiger partial charge in [0.25, 0.3) is 0 Å². The van der Waals surface area contributed by atoms with Crippen molar-refractivity contribution in [3.63, 3.8) is 0 Å². The Hall–Kier alpha value is -3.08. The Kier molecular flexibility index (Phi) is 7.28. The maximum atomic E-state index is 12.5. The fraction of sp³-hybridized carbons (Fsp3) is 0.421. The average molecular weight is 424 g/mol. The van der Waals surface area contributed by atoms with Gasteiger partial charge in [-0.25, -0.2) is 14.8 Å². The van der Waals surface area contributed by atoms with Crippen LogP contribution in [-0.2, 0) is 10.9 Å². The van der Waals surface area contributed by atoms with E-state index in [0.29, 0.717) is 44.2 Å². The van der Waals surface area contributed by atoms with Gasteiger partial charge in [-0.05, 0) is 30.7 Å². The number of pyridine rings is 2. The molecule has 0 unspecified atom stereocenters. The molecule has 0 spiro atoms. The number of carbonyl (C=O) groups is 1. The summed E-state index contributed by atoms with van der Waals surface area (Å²) in [5, 5.41) is 8.33. The molecule has 1 aliphatic heterocycles. The molecule has 1 fully saturated rings. The second-order valence-electron chi connectivity index (χ2n) is 6.60. The smallest absolute Gasteiger partial charge is 0.378 e. The van der Waals surface area contributed by atoms with Gasteiger partial charge >= 0.3 is 12.2 Å². The zero-order chi connectivity index (χ0) is 21.4. The highest BCUT2D eigenvalue weighted by molar-refractivity contribution is 5.89. The fourth-order valence-corrected chi connectivity index (χ4v) is 2.79. The molecule has 3 heterocycles. The minimum absolute atomic E-state index is 0.346. The van der Waals surface area contributed by atoms with Crippen LogP contribution in [0.15, 0.2) is 36.7 Å². The van der Waals surface area contributed by atoms with Gasteiger partial charge < -0.3 is 25.6 Å². The molecule has 162 valence electrons. The van der Waals surface area contributed by atoms with Gasteiger partial charge in [0.15, 0.2) is 0 Å². The Morgan fingerprint density at radius 3 is 2.50 bits per heavy atom. The van der Waals surface area contributed by atoms with E-state index in [0.717, 1.165) is 31.2 Å². The number of rotatable bonds is 7. The first kappa shape index (κ1) is 21.6. The van der Waals surface area contributed by atoms with Crippen LogP contribution >= 0.6 is 0 Å². The highest BCUT2D eigenvalue weighted by atomic mass is 19.4. The van der Waals surface area contributed by atoms with Gasteiger partial charge in [0.1, 0.15) is 11.6 Å². The number of amides is 2. The van der Waals surface area contributed by atoms with Crippen molar-refractivity contribution in [2.24, 2.45) is 0 Å². The topological polar surface area (TPSA) is 91.4 Å². The predicted octanol–water partition coefficient (Wildman–Crippen LogP) is 2.96. The fourth-order valence-electron chi connectivity index (χ4n) is 2.79. The number of nitrogens with one attached hydrogen (secondary N) is 3. The SMILES string of the molecule is O=C(NCCCNc1ccc(C(F)(F)F)cn1)Nc1ccc(N2CCOCC2)nc1. The third-order valence-corrected chi connectivity index (χ3v) is 4.38. The normalized spacial score (nSPS) is 14.3. The number of anilines is 3. The highest BCUT2D eigenvalue weighted by Gasteiger charge is 2.30. The van der Waals surface area contributed by atoms with Gasteiger partial charge in [-0.2, -0.15) is 13.2 Å². The third-order valence-electron chi connectivity index (χ3n) is 4.38. The summed E-state index contributed by atoms with van der Waals surface area (Å²) >= 11 is 0. The van der Waals surface area contributed by atoms with E-state index in [1.165, 1.54) is 6.07 Å². The summed E-state index contributed by atoms with van der Waals surface area (Å²) in [6.07, 6.45) is -1.44. The maximum Gasteiger partial charge on any atom is 0.417 e. The van der Waals surface area contributed by atoms with Crippen LogP contribution in [0.25, 0.3) is 0 Å². The van der Waals surface area contributed by atoms with Crippen molar-refractivity contribution in [2.75, 3.05) is 54.9 Å². The minimum atomic E-state index is -4.40. The second kappa shape index (κ2) is 10.1. The zero-order valence-electron chi connectivity index (χ0n) is 16.2. The van der Waals surface area contributed by atoms with E-state index in [-0.39, 0.29) is 6.03 Å². The lowest BCUT2D eigenvalue weighted by molar-refractivity contribution is -0.137. The lowest BCUT2D eigenvalue weighted by Gasteiger charge is -2.27. The number of urea groups is 1. The van der Waals surface area contributed by atoms with Crippen LogP contribution in [-0.4, -0.2) is 55.4 Å². The molecule has 8 nitrogen and oxygen atoms in total. The number of aromatic nitrogens is 2. The van der Waals surface area contributed by atoms with E-state index in [2.05, 4.69) is 30.8 Å². The Labute approximate surface area is 171 Å². The van der Waals surface area contributed by atoms with Crippen molar-refractivity contribution in [1.82, 2.24) is 15.3 Å². The summed E-state index contributed by atoms with van der Waals surface area (Å²) in [4.78, 5) is 22.2. The summed E-state index contributed by atoms with van der Waals surface area (Å²) in [5.41, 5.74) is -0.213. The molecule has 1 saturated heterocycles. The molecule has 2 aromatic heterocycles. The van der Waals surface area contributed by atoms with Crippen LogP contribution in [0.5, 0.6) is 0 Å². The Morgan fingerprint density at radius 2 is 1.87 bits per heavy atom. The molecule has 0 radical (unpaired) electrons. The number of nitrogens with zero attached hydrogens (tertiary/aromatic N) is 3. The molecule has 0 saturated carbocycles. The molecule has 3 rings (SSSR count). The number of halogens is 3. The number of hydrogen-bond acceptors (Lipinski definition) is 6. The Morgan fingerprint density at radius 1 is 1.07 bits per heavy atom. The quantitative estimate of drug-likeness (QED) is 0.592. The monoisotopic (exact) mass is 424 g/mol. The van der Waals surface area contributed by atoms with Gasteiger partial charge in [0.2, 0.25) is 0 Å². The van der Waals surface area contributed by atoms with Crippen molar-refractivity contribution in [2.45, 2.75) is 12.6 Å². The van der Waals surface area contributed by atoms with Crippen LogP contribution in [0.1, 0.15) is 12.0 Å². The van der Waals surface area contributed by atoms with Crippen LogP contribution in [0, 0.1) is 0 Å². The molecular formula is C19H23F3N6O2. The van der Waals surface area contributed by atoms with Crippen molar-refractivity contribution in [3.05, 3.63) is 42.2 Å². The van der Waals surface area contributed by atoms with E-state index in [9.17, 15) is 18.0 Å². The van der Waals surface area contributed by atoms with Crippen molar-refractivity contribution in [1.29, 1.82) is 0 Å². The van der Waals surface area contributed by atoms with Crippen LogP contribution in [0.2, 0.25) is 0 Å². The summed E-state index contributed by atoms with van der Waals surface area (Å²) in [6, 6.07) is 5.52. The highest BCUT2D eigenvalue weighted by Crippen LogP contribution is 2.28. The van der Waals surface area contributed by atoms with E-state index < -0.39 is 11.7 Å². The zero-order valence-corrected chi connectivity index (χ0v) is 16.2. The van der Waals surface area contributed by atoms with Gasteiger partial charge in [0, 0.05) is 32.4 Å². The van der Waals surface area contributed by atoms with Crippen LogP contribution in [0.3, 0.4) is 0 Å². The molecule has 2 aromatic rings. The molecule has 0 bridgehead atoms. The molecular weight excluding hydrogens is 401 g/mol. The molecule has 11 heteroatoms. The molecule has 2 amide bonds. The van der Waals surface area contributed by atoms with Crippen molar-refractivity contribution >= 4 is 23.4 Å². The number of alkyl halides is 3. The second-order valence-corrected chi connectivity index (χ2v) is 6.60.